The van der Waals surface area contributed by atoms with Gasteiger partial charge in [-0.25, -0.2) is 14.5 Å². The maximum atomic E-state index is 11.6. The first-order chi connectivity index (χ1) is 9.19. The fourth-order valence-corrected chi connectivity index (χ4v) is 1.49. The molecule has 0 radical (unpaired) electrons. The van der Waals surface area contributed by atoms with Gasteiger partial charge >= 0.3 is 6.03 Å². The maximum absolute atomic E-state index is 11.6. The summed E-state index contributed by atoms with van der Waals surface area (Å²) in [4.78, 5) is 15.9. The number of carbonyl (C=O) groups is 1. The van der Waals surface area contributed by atoms with Crippen LogP contribution in [0.4, 0.5) is 10.5 Å². The van der Waals surface area contributed by atoms with Crippen molar-refractivity contribution in [2.75, 3.05) is 5.32 Å². The number of hydrogen-bond donors (Lipinski definition) is 2. The van der Waals surface area contributed by atoms with E-state index >= 15 is 0 Å². The van der Waals surface area contributed by atoms with Gasteiger partial charge in [0.2, 0.25) is 0 Å². The fourth-order valence-electron chi connectivity index (χ4n) is 1.49. The molecule has 0 unspecified atom stereocenters. The van der Waals surface area contributed by atoms with Crippen molar-refractivity contribution in [3.63, 3.8) is 0 Å². The topological polar surface area (TPSA) is 71.8 Å². The molecule has 2 amide bonds. The van der Waals surface area contributed by atoms with Crippen molar-refractivity contribution in [3.05, 3.63) is 36.8 Å². The Bertz CT molecular complexity index is 520. The molecule has 0 aliphatic carbocycles. The number of hydrogen-bond acceptors (Lipinski definition) is 3. The van der Waals surface area contributed by atoms with E-state index < -0.39 is 0 Å². The third kappa shape index (κ3) is 3.54. The van der Waals surface area contributed by atoms with Gasteiger partial charge in [-0.2, -0.15) is 5.10 Å². The SMILES string of the molecule is CC[C@@H](C)NC(=O)Nc1ccc(-n2cccn2)nc1. The van der Waals surface area contributed by atoms with Gasteiger partial charge in [0.15, 0.2) is 5.82 Å². The van der Waals surface area contributed by atoms with Gasteiger partial charge in [-0.05, 0) is 31.5 Å². The predicted molar refractivity (Wildman–Crippen MR) is 73.3 cm³/mol. The highest BCUT2D eigenvalue weighted by Gasteiger charge is 2.05. The van der Waals surface area contributed by atoms with E-state index in [1.54, 1.807) is 29.2 Å². The second-order valence-corrected chi connectivity index (χ2v) is 4.26. The molecule has 2 aromatic rings. The third-order valence-corrected chi connectivity index (χ3v) is 2.73. The molecule has 6 nitrogen and oxygen atoms in total. The van der Waals surface area contributed by atoms with E-state index in [-0.39, 0.29) is 12.1 Å². The average molecular weight is 259 g/mol. The average Bonchev–Trinajstić information content (AvgIpc) is 2.93. The van der Waals surface area contributed by atoms with Gasteiger partial charge < -0.3 is 10.6 Å². The fraction of sp³-hybridized carbons (Fsp3) is 0.308. The van der Waals surface area contributed by atoms with Crippen molar-refractivity contribution < 1.29 is 4.79 Å². The summed E-state index contributed by atoms with van der Waals surface area (Å²) < 4.78 is 1.66. The molecule has 0 aromatic carbocycles. The lowest BCUT2D eigenvalue weighted by molar-refractivity contribution is 0.249. The Morgan fingerprint density at radius 2 is 2.32 bits per heavy atom. The molecule has 0 aliphatic heterocycles. The molecule has 0 saturated heterocycles. The third-order valence-electron chi connectivity index (χ3n) is 2.73. The first kappa shape index (κ1) is 13.1. The molecule has 0 fully saturated rings. The Balaban J connectivity index is 1.97. The lowest BCUT2D eigenvalue weighted by atomic mass is 10.3. The van der Waals surface area contributed by atoms with E-state index in [0.717, 1.165) is 6.42 Å². The number of aromatic nitrogens is 3. The molecular formula is C13H17N5O. The van der Waals surface area contributed by atoms with Crippen molar-refractivity contribution in [3.8, 4) is 5.82 Å². The first-order valence-corrected chi connectivity index (χ1v) is 6.22. The summed E-state index contributed by atoms with van der Waals surface area (Å²) in [6, 6.07) is 5.35. The van der Waals surface area contributed by atoms with Crippen molar-refractivity contribution in [1.29, 1.82) is 0 Å². The quantitative estimate of drug-likeness (QED) is 0.884. The van der Waals surface area contributed by atoms with E-state index in [2.05, 4.69) is 20.7 Å². The van der Waals surface area contributed by atoms with Crippen LogP contribution in [0.1, 0.15) is 20.3 Å². The highest BCUT2D eigenvalue weighted by atomic mass is 16.2. The highest BCUT2D eigenvalue weighted by Crippen LogP contribution is 2.08. The van der Waals surface area contributed by atoms with Gasteiger partial charge in [-0.3, -0.25) is 0 Å². The number of anilines is 1. The van der Waals surface area contributed by atoms with E-state index in [1.165, 1.54) is 0 Å². The van der Waals surface area contributed by atoms with E-state index in [0.29, 0.717) is 11.5 Å². The summed E-state index contributed by atoms with van der Waals surface area (Å²) in [6.45, 7) is 3.98. The molecule has 2 rings (SSSR count). The summed E-state index contributed by atoms with van der Waals surface area (Å²) in [6.07, 6.45) is 6.00. The number of carbonyl (C=O) groups excluding carboxylic acids is 1. The van der Waals surface area contributed by atoms with E-state index in [9.17, 15) is 4.79 Å². The number of amides is 2. The van der Waals surface area contributed by atoms with Crippen LogP contribution in [-0.2, 0) is 0 Å². The van der Waals surface area contributed by atoms with Gasteiger partial charge in [0.05, 0.1) is 11.9 Å². The minimum absolute atomic E-state index is 0.149. The van der Waals surface area contributed by atoms with Crippen LogP contribution in [0.3, 0.4) is 0 Å². The Morgan fingerprint density at radius 1 is 1.47 bits per heavy atom. The van der Waals surface area contributed by atoms with E-state index in [4.69, 9.17) is 0 Å². The van der Waals surface area contributed by atoms with Crippen molar-refractivity contribution in [1.82, 2.24) is 20.1 Å². The number of urea groups is 1. The smallest absolute Gasteiger partial charge is 0.319 e. The summed E-state index contributed by atoms with van der Waals surface area (Å²) in [5, 5.41) is 9.64. The number of nitrogens with one attached hydrogen (secondary N) is 2. The highest BCUT2D eigenvalue weighted by molar-refractivity contribution is 5.89. The number of pyridine rings is 1. The lowest BCUT2D eigenvalue weighted by Gasteiger charge is -2.12. The molecule has 6 heteroatoms. The summed E-state index contributed by atoms with van der Waals surface area (Å²) in [5.74, 6) is 0.706. The number of nitrogens with zero attached hydrogens (tertiary/aromatic N) is 3. The van der Waals surface area contributed by atoms with Crippen LogP contribution in [0, 0.1) is 0 Å². The summed E-state index contributed by atoms with van der Waals surface area (Å²) in [5.41, 5.74) is 0.650. The monoisotopic (exact) mass is 259 g/mol. The van der Waals surface area contributed by atoms with Gasteiger partial charge in [0, 0.05) is 18.4 Å². The minimum atomic E-state index is -0.219. The molecule has 2 aromatic heterocycles. The molecule has 2 heterocycles. The zero-order valence-corrected chi connectivity index (χ0v) is 11.0. The van der Waals surface area contributed by atoms with Crippen LogP contribution >= 0.6 is 0 Å². The number of rotatable bonds is 4. The Morgan fingerprint density at radius 3 is 2.89 bits per heavy atom. The molecule has 2 N–H and O–H groups in total. The van der Waals surface area contributed by atoms with Crippen LogP contribution in [0.2, 0.25) is 0 Å². The van der Waals surface area contributed by atoms with Crippen LogP contribution < -0.4 is 10.6 Å². The Labute approximate surface area is 111 Å². The molecule has 0 saturated carbocycles. The first-order valence-electron chi connectivity index (χ1n) is 6.22. The van der Waals surface area contributed by atoms with Crippen LogP contribution in [-0.4, -0.2) is 26.8 Å². The molecular weight excluding hydrogens is 242 g/mol. The van der Waals surface area contributed by atoms with Crippen LogP contribution in [0.15, 0.2) is 36.8 Å². The second-order valence-electron chi connectivity index (χ2n) is 4.26. The zero-order valence-electron chi connectivity index (χ0n) is 11.0. The van der Waals surface area contributed by atoms with Gasteiger partial charge in [-0.1, -0.05) is 6.92 Å². The van der Waals surface area contributed by atoms with Crippen LogP contribution in [0.5, 0.6) is 0 Å². The molecule has 0 bridgehead atoms. The molecule has 100 valence electrons. The Hall–Kier alpha value is -2.37. The normalized spacial score (nSPS) is 11.9. The zero-order chi connectivity index (χ0) is 13.7. The van der Waals surface area contributed by atoms with Crippen molar-refractivity contribution in [2.24, 2.45) is 0 Å². The van der Waals surface area contributed by atoms with Crippen molar-refractivity contribution in [2.45, 2.75) is 26.3 Å². The Kier molecular flexibility index (Phi) is 4.12. The second kappa shape index (κ2) is 5.99. The minimum Gasteiger partial charge on any atom is -0.335 e. The largest absolute Gasteiger partial charge is 0.335 e. The van der Waals surface area contributed by atoms with Crippen molar-refractivity contribution >= 4 is 11.7 Å². The summed E-state index contributed by atoms with van der Waals surface area (Å²) in [7, 11) is 0. The molecule has 0 spiro atoms. The van der Waals surface area contributed by atoms with Crippen LogP contribution in [0.25, 0.3) is 5.82 Å². The molecule has 1 atom stereocenters. The maximum Gasteiger partial charge on any atom is 0.319 e. The molecule has 0 aliphatic rings. The van der Waals surface area contributed by atoms with Gasteiger partial charge in [0.1, 0.15) is 0 Å². The molecule has 19 heavy (non-hydrogen) atoms. The van der Waals surface area contributed by atoms with E-state index in [1.807, 2.05) is 26.1 Å². The summed E-state index contributed by atoms with van der Waals surface area (Å²) >= 11 is 0. The van der Waals surface area contributed by atoms with Gasteiger partial charge in [0.25, 0.3) is 0 Å². The van der Waals surface area contributed by atoms with Gasteiger partial charge in [-0.15, -0.1) is 0 Å². The lowest BCUT2D eigenvalue weighted by Crippen LogP contribution is -2.35. The predicted octanol–water partition coefficient (Wildman–Crippen LogP) is 2.19. The standard InChI is InChI=1S/C13H17N5O/c1-3-10(2)16-13(19)17-11-5-6-12(14-9-11)18-8-4-7-15-18/h4-10H,3H2,1-2H3,(H2,16,17,19)/t10-/m1/s1.